The zero-order chi connectivity index (χ0) is 13.2. The van der Waals surface area contributed by atoms with Gasteiger partial charge >= 0.3 is 0 Å². The zero-order valence-corrected chi connectivity index (χ0v) is 12.7. The van der Waals surface area contributed by atoms with Crippen molar-refractivity contribution in [3.05, 3.63) is 35.9 Å². The van der Waals surface area contributed by atoms with Crippen molar-refractivity contribution in [2.75, 3.05) is 32.1 Å². The maximum absolute atomic E-state index is 3.61. The van der Waals surface area contributed by atoms with Crippen LogP contribution in [-0.4, -0.2) is 49.1 Å². The Morgan fingerprint density at radius 3 is 2.79 bits per heavy atom. The lowest BCUT2D eigenvalue weighted by Crippen LogP contribution is -2.53. The van der Waals surface area contributed by atoms with Gasteiger partial charge in [-0.3, -0.25) is 0 Å². The fraction of sp³-hybridized carbons (Fsp3) is 0.625. The molecule has 1 heterocycles. The summed E-state index contributed by atoms with van der Waals surface area (Å²) in [4.78, 5) is 2.55. The van der Waals surface area contributed by atoms with Crippen molar-refractivity contribution < 1.29 is 0 Å². The van der Waals surface area contributed by atoms with E-state index in [1.165, 1.54) is 30.0 Å². The molecular formula is C16H24N2S. The monoisotopic (exact) mass is 276 g/mol. The lowest BCUT2D eigenvalue weighted by Gasteiger charge is -2.38. The number of benzene rings is 1. The highest BCUT2D eigenvalue weighted by atomic mass is 32.2. The molecule has 3 rings (SSSR count). The van der Waals surface area contributed by atoms with Crippen LogP contribution in [0, 0.1) is 5.92 Å². The second kappa shape index (κ2) is 5.86. The highest BCUT2D eigenvalue weighted by Gasteiger charge is 2.47. The van der Waals surface area contributed by atoms with Crippen LogP contribution in [0.2, 0.25) is 0 Å². The van der Waals surface area contributed by atoms with Crippen molar-refractivity contribution in [2.45, 2.75) is 24.4 Å². The van der Waals surface area contributed by atoms with E-state index < -0.39 is 0 Å². The van der Waals surface area contributed by atoms with Crippen molar-refractivity contribution in [2.24, 2.45) is 5.92 Å². The number of nitrogens with zero attached hydrogens (tertiary/aromatic N) is 1. The van der Waals surface area contributed by atoms with Crippen molar-refractivity contribution in [1.29, 1.82) is 0 Å². The topological polar surface area (TPSA) is 15.3 Å². The van der Waals surface area contributed by atoms with E-state index in [4.69, 9.17) is 0 Å². The summed E-state index contributed by atoms with van der Waals surface area (Å²) in [6.07, 6.45) is 1.35. The molecule has 2 fully saturated rings. The molecule has 0 aromatic heterocycles. The summed E-state index contributed by atoms with van der Waals surface area (Å²) in [5, 5.41) is 3.61. The first-order valence-electron chi connectivity index (χ1n) is 7.31. The van der Waals surface area contributed by atoms with Crippen LogP contribution in [0.3, 0.4) is 0 Å². The highest BCUT2D eigenvalue weighted by molar-refractivity contribution is 7.99. The lowest BCUT2D eigenvalue weighted by molar-refractivity contribution is 0.205. The molecule has 3 heteroatoms. The van der Waals surface area contributed by atoms with Gasteiger partial charge in [0.25, 0.3) is 0 Å². The molecule has 1 aliphatic carbocycles. The van der Waals surface area contributed by atoms with E-state index in [1.807, 2.05) is 0 Å². The number of likely N-dealkylation sites (N-methyl/N-ethyl adjacent to an activating group) is 2. The van der Waals surface area contributed by atoms with E-state index >= 15 is 0 Å². The van der Waals surface area contributed by atoms with E-state index in [0.29, 0.717) is 12.1 Å². The summed E-state index contributed by atoms with van der Waals surface area (Å²) in [6.45, 7) is 1.23. The normalized spacial score (nSPS) is 33.1. The Labute approximate surface area is 121 Å². The van der Waals surface area contributed by atoms with E-state index in [-0.39, 0.29) is 0 Å². The van der Waals surface area contributed by atoms with Gasteiger partial charge in [0, 0.05) is 30.1 Å². The Bertz CT molecular complexity index is 408. The molecule has 1 saturated carbocycles. The Kier molecular flexibility index (Phi) is 4.15. The molecule has 0 bridgehead atoms. The Morgan fingerprint density at radius 2 is 2.11 bits per heavy atom. The van der Waals surface area contributed by atoms with Crippen LogP contribution in [0.25, 0.3) is 0 Å². The summed E-state index contributed by atoms with van der Waals surface area (Å²) >= 11 is 2.11. The van der Waals surface area contributed by atoms with Crippen LogP contribution in [0.5, 0.6) is 0 Å². The first-order valence-corrected chi connectivity index (χ1v) is 8.47. The van der Waals surface area contributed by atoms with Crippen LogP contribution in [0.4, 0.5) is 0 Å². The third kappa shape index (κ3) is 2.83. The van der Waals surface area contributed by atoms with Gasteiger partial charge in [-0.15, -0.1) is 0 Å². The van der Waals surface area contributed by atoms with E-state index in [0.717, 1.165) is 11.8 Å². The molecule has 1 aliphatic heterocycles. The maximum atomic E-state index is 3.61. The van der Waals surface area contributed by atoms with Gasteiger partial charge in [0.05, 0.1) is 0 Å². The van der Waals surface area contributed by atoms with E-state index in [1.54, 1.807) is 0 Å². The van der Waals surface area contributed by atoms with Gasteiger partial charge in [0.15, 0.2) is 0 Å². The van der Waals surface area contributed by atoms with E-state index in [9.17, 15) is 0 Å². The van der Waals surface area contributed by atoms with Crippen LogP contribution in [0.1, 0.15) is 17.9 Å². The molecule has 2 aliphatic rings. The SMILES string of the molecule is CNC(C1CC1c1ccccc1)C1CSCCN1C. The van der Waals surface area contributed by atoms with Crippen LogP contribution < -0.4 is 5.32 Å². The summed E-state index contributed by atoms with van der Waals surface area (Å²) < 4.78 is 0. The van der Waals surface area contributed by atoms with Crippen LogP contribution in [0.15, 0.2) is 30.3 Å². The largest absolute Gasteiger partial charge is 0.315 e. The van der Waals surface area contributed by atoms with Crippen LogP contribution in [-0.2, 0) is 0 Å². The molecule has 104 valence electrons. The number of nitrogens with one attached hydrogen (secondary N) is 1. The summed E-state index contributed by atoms with van der Waals surface area (Å²) in [7, 11) is 4.42. The summed E-state index contributed by atoms with van der Waals surface area (Å²) in [5.41, 5.74) is 1.53. The fourth-order valence-corrected chi connectivity index (χ4v) is 4.76. The number of hydrogen-bond acceptors (Lipinski definition) is 3. The van der Waals surface area contributed by atoms with Crippen molar-refractivity contribution in [3.63, 3.8) is 0 Å². The second-order valence-corrected chi connectivity index (χ2v) is 7.00. The minimum absolute atomic E-state index is 0.642. The molecular weight excluding hydrogens is 252 g/mol. The Balaban J connectivity index is 1.68. The maximum Gasteiger partial charge on any atom is 0.0339 e. The second-order valence-electron chi connectivity index (χ2n) is 5.85. The third-order valence-corrected chi connectivity index (χ3v) is 5.77. The molecule has 4 atom stereocenters. The fourth-order valence-electron chi connectivity index (χ4n) is 3.47. The average molecular weight is 276 g/mol. The van der Waals surface area contributed by atoms with Crippen molar-refractivity contribution in [1.82, 2.24) is 10.2 Å². The number of hydrogen-bond donors (Lipinski definition) is 1. The van der Waals surface area contributed by atoms with Crippen LogP contribution >= 0.6 is 11.8 Å². The Morgan fingerprint density at radius 1 is 1.32 bits per heavy atom. The molecule has 1 N–H and O–H groups in total. The summed E-state index contributed by atoms with van der Waals surface area (Å²) in [5.74, 6) is 4.16. The third-order valence-electron chi connectivity index (χ3n) is 4.72. The molecule has 1 aromatic carbocycles. The molecule has 0 amide bonds. The first kappa shape index (κ1) is 13.5. The van der Waals surface area contributed by atoms with Gasteiger partial charge in [-0.1, -0.05) is 30.3 Å². The van der Waals surface area contributed by atoms with E-state index in [2.05, 4.69) is 66.4 Å². The molecule has 4 unspecified atom stereocenters. The molecule has 19 heavy (non-hydrogen) atoms. The Hall–Kier alpha value is -0.510. The highest BCUT2D eigenvalue weighted by Crippen LogP contribution is 2.50. The van der Waals surface area contributed by atoms with Gasteiger partial charge in [-0.25, -0.2) is 0 Å². The van der Waals surface area contributed by atoms with Crippen molar-refractivity contribution in [3.8, 4) is 0 Å². The average Bonchev–Trinajstić information content (AvgIpc) is 3.23. The zero-order valence-electron chi connectivity index (χ0n) is 11.9. The quantitative estimate of drug-likeness (QED) is 0.909. The molecule has 1 saturated heterocycles. The van der Waals surface area contributed by atoms with Gasteiger partial charge < -0.3 is 10.2 Å². The molecule has 1 aromatic rings. The number of thioether (sulfide) groups is 1. The van der Waals surface area contributed by atoms with Gasteiger partial charge in [0.1, 0.15) is 0 Å². The smallest absolute Gasteiger partial charge is 0.0339 e. The minimum atomic E-state index is 0.642. The van der Waals surface area contributed by atoms with Crippen molar-refractivity contribution >= 4 is 11.8 Å². The standard InChI is InChI=1S/C16H24N2S/c1-17-16(15-11-19-9-8-18(15)2)14-10-13(14)12-6-4-3-5-7-12/h3-7,13-17H,8-11H2,1-2H3. The molecule has 2 nitrogen and oxygen atoms in total. The lowest BCUT2D eigenvalue weighted by atomic mass is 9.99. The predicted octanol–water partition coefficient (Wildman–Crippen LogP) is 2.43. The predicted molar refractivity (Wildman–Crippen MR) is 83.9 cm³/mol. The first-order chi connectivity index (χ1) is 9.31. The molecule has 0 radical (unpaired) electrons. The minimum Gasteiger partial charge on any atom is -0.315 e. The molecule has 0 spiro atoms. The number of rotatable bonds is 4. The van der Waals surface area contributed by atoms with Gasteiger partial charge in [-0.05, 0) is 37.9 Å². The van der Waals surface area contributed by atoms with Gasteiger partial charge in [-0.2, -0.15) is 11.8 Å². The van der Waals surface area contributed by atoms with Gasteiger partial charge in [0.2, 0.25) is 0 Å². The summed E-state index contributed by atoms with van der Waals surface area (Å²) in [6, 6.07) is 12.4.